The van der Waals surface area contributed by atoms with Crippen LogP contribution in [0.2, 0.25) is 0 Å². The summed E-state index contributed by atoms with van der Waals surface area (Å²) < 4.78 is 0. The van der Waals surface area contributed by atoms with Gasteiger partial charge in [0.25, 0.3) is 0 Å². The summed E-state index contributed by atoms with van der Waals surface area (Å²) in [5.41, 5.74) is -0.453. The molecule has 2 amide bonds. The van der Waals surface area contributed by atoms with Crippen LogP contribution in [0.4, 0.5) is 0 Å². The van der Waals surface area contributed by atoms with Gasteiger partial charge in [-0.15, -0.1) is 0 Å². The highest BCUT2D eigenvalue weighted by Crippen LogP contribution is 2.47. The molecule has 124 valence electrons. The third kappa shape index (κ3) is 3.61. The summed E-state index contributed by atoms with van der Waals surface area (Å²) in [5.74, 6) is -1.93. The van der Waals surface area contributed by atoms with Crippen molar-refractivity contribution in [2.24, 2.45) is 5.41 Å². The highest BCUT2D eigenvalue weighted by molar-refractivity contribution is 6.08. The summed E-state index contributed by atoms with van der Waals surface area (Å²) in [5, 5.41) is 21.0. The van der Waals surface area contributed by atoms with Gasteiger partial charge in [-0.05, 0) is 30.5 Å². The molecule has 1 saturated carbocycles. The van der Waals surface area contributed by atoms with Crippen LogP contribution < -0.4 is 5.32 Å². The number of nitrogens with zero attached hydrogens (tertiary/aromatic N) is 1. The highest BCUT2D eigenvalue weighted by atomic mass is 16.4. The van der Waals surface area contributed by atoms with E-state index < -0.39 is 23.3 Å². The minimum atomic E-state index is -1.17. The molecule has 1 aromatic carbocycles. The second-order valence-electron chi connectivity index (χ2n) is 6.02. The first-order chi connectivity index (χ1) is 10.8. The number of carboxylic acids is 1. The van der Waals surface area contributed by atoms with Gasteiger partial charge < -0.3 is 20.4 Å². The predicted molar refractivity (Wildman–Crippen MR) is 81.7 cm³/mol. The highest BCUT2D eigenvalue weighted by Gasteiger charge is 2.57. The van der Waals surface area contributed by atoms with Crippen molar-refractivity contribution in [3.8, 4) is 5.75 Å². The molecule has 0 saturated heterocycles. The van der Waals surface area contributed by atoms with Crippen LogP contribution in [0, 0.1) is 5.41 Å². The summed E-state index contributed by atoms with van der Waals surface area (Å²) in [6.45, 7) is 0. The smallest absolute Gasteiger partial charge is 0.326 e. The van der Waals surface area contributed by atoms with Gasteiger partial charge in [0.1, 0.15) is 17.2 Å². The van der Waals surface area contributed by atoms with Crippen LogP contribution in [-0.4, -0.2) is 53.0 Å². The number of aliphatic carboxylic acids is 1. The molecule has 0 heterocycles. The molecule has 0 aliphatic heterocycles. The third-order valence-electron chi connectivity index (χ3n) is 3.98. The van der Waals surface area contributed by atoms with Gasteiger partial charge in [0.2, 0.25) is 11.8 Å². The molecule has 1 unspecified atom stereocenters. The number of carbonyl (C=O) groups is 3. The summed E-state index contributed by atoms with van der Waals surface area (Å²) in [7, 11) is 3.14. The van der Waals surface area contributed by atoms with Crippen LogP contribution in [0.5, 0.6) is 5.75 Å². The minimum absolute atomic E-state index is 0.0770. The van der Waals surface area contributed by atoms with E-state index in [1.807, 2.05) is 0 Å². The number of benzene rings is 1. The van der Waals surface area contributed by atoms with E-state index in [0.29, 0.717) is 18.4 Å². The first-order valence-electron chi connectivity index (χ1n) is 7.30. The number of rotatable bonds is 6. The Balaban J connectivity index is 2.08. The quantitative estimate of drug-likeness (QED) is 0.657. The maximum absolute atomic E-state index is 12.4. The molecule has 0 aromatic heterocycles. The van der Waals surface area contributed by atoms with Crippen molar-refractivity contribution >= 4 is 17.8 Å². The van der Waals surface area contributed by atoms with Gasteiger partial charge >= 0.3 is 5.97 Å². The molecule has 2 rings (SSSR count). The molecule has 1 atom stereocenters. The Morgan fingerprint density at radius 1 is 1.22 bits per heavy atom. The third-order valence-corrected chi connectivity index (χ3v) is 3.98. The first-order valence-corrected chi connectivity index (χ1v) is 7.30. The Kier molecular flexibility index (Phi) is 4.58. The molecule has 0 bridgehead atoms. The molecule has 1 aliphatic rings. The van der Waals surface area contributed by atoms with E-state index in [4.69, 9.17) is 0 Å². The topological polar surface area (TPSA) is 107 Å². The number of aromatic hydroxyl groups is 1. The molecule has 23 heavy (non-hydrogen) atoms. The van der Waals surface area contributed by atoms with E-state index in [1.165, 1.54) is 17.0 Å². The minimum Gasteiger partial charge on any atom is -0.508 e. The Hall–Kier alpha value is -2.57. The molecule has 7 heteroatoms. The van der Waals surface area contributed by atoms with E-state index >= 15 is 0 Å². The number of carboxylic acid groups (broad SMARTS) is 1. The fourth-order valence-corrected chi connectivity index (χ4v) is 2.46. The van der Waals surface area contributed by atoms with Crippen LogP contribution in [-0.2, 0) is 20.8 Å². The van der Waals surface area contributed by atoms with Gasteiger partial charge in [0, 0.05) is 20.5 Å². The fourth-order valence-electron chi connectivity index (χ4n) is 2.46. The lowest BCUT2D eigenvalue weighted by molar-refractivity contribution is -0.147. The van der Waals surface area contributed by atoms with E-state index in [1.54, 1.807) is 26.2 Å². The summed E-state index contributed by atoms with van der Waals surface area (Å²) in [6, 6.07) is 4.96. The SMILES string of the molecule is CN(C)C(=O)C1(C(=O)NC(Cc2ccc(O)cc2)C(=O)O)CC1. The average molecular weight is 320 g/mol. The monoisotopic (exact) mass is 320 g/mol. The zero-order valence-electron chi connectivity index (χ0n) is 13.1. The molecule has 1 aromatic rings. The van der Waals surface area contributed by atoms with E-state index in [2.05, 4.69) is 5.32 Å². The molecule has 3 N–H and O–H groups in total. The molecule has 1 fully saturated rings. The van der Waals surface area contributed by atoms with Crippen molar-refractivity contribution in [2.75, 3.05) is 14.1 Å². The number of hydrogen-bond acceptors (Lipinski definition) is 4. The molecular formula is C16H20N2O5. The van der Waals surface area contributed by atoms with Gasteiger partial charge in [-0.2, -0.15) is 0 Å². The number of phenolic OH excluding ortho intramolecular Hbond substituents is 1. The zero-order chi connectivity index (χ0) is 17.2. The van der Waals surface area contributed by atoms with Crippen molar-refractivity contribution in [1.29, 1.82) is 0 Å². The number of amides is 2. The van der Waals surface area contributed by atoms with E-state index in [-0.39, 0.29) is 18.1 Å². The summed E-state index contributed by atoms with van der Waals surface area (Å²) >= 11 is 0. The Morgan fingerprint density at radius 3 is 2.22 bits per heavy atom. The predicted octanol–water partition coefficient (Wildman–Crippen LogP) is 0.372. The van der Waals surface area contributed by atoms with Crippen LogP contribution in [0.15, 0.2) is 24.3 Å². The van der Waals surface area contributed by atoms with Crippen LogP contribution in [0.25, 0.3) is 0 Å². The summed E-state index contributed by atoms with van der Waals surface area (Å²) in [6.07, 6.45) is 0.941. The Morgan fingerprint density at radius 2 is 1.78 bits per heavy atom. The maximum atomic E-state index is 12.4. The van der Waals surface area contributed by atoms with Gasteiger partial charge in [0.05, 0.1) is 0 Å². The standard InChI is InChI=1S/C16H20N2O5/c1-18(2)15(23)16(7-8-16)14(22)17-12(13(20)21)9-10-3-5-11(19)6-4-10/h3-6,12,19H,7-9H2,1-2H3,(H,17,22)(H,20,21). The lowest BCUT2D eigenvalue weighted by atomic mass is 10.0. The molecular weight excluding hydrogens is 300 g/mol. The zero-order valence-corrected chi connectivity index (χ0v) is 13.1. The van der Waals surface area contributed by atoms with Crippen molar-refractivity contribution in [1.82, 2.24) is 10.2 Å². The van der Waals surface area contributed by atoms with Crippen LogP contribution in [0.3, 0.4) is 0 Å². The second kappa shape index (κ2) is 6.28. The summed E-state index contributed by atoms with van der Waals surface area (Å²) in [4.78, 5) is 37.2. The largest absolute Gasteiger partial charge is 0.508 e. The lowest BCUT2D eigenvalue weighted by Gasteiger charge is -2.22. The Bertz CT molecular complexity index is 620. The first kappa shape index (κ1) is 16.8. The van der Waals surface area contributed by atoms with Gasteiger partial charge in [-0.3, -0.25) is 9.59 Å². The van der Waals surface area contributed by atoms with Gasteiger partial charge in [0.15, 0.2) is 0 Å². The van der Waals surface area contributed by atoms with Crippen molar-refractivity contribution in [2.45, 2.75) is 25.3 Å². The lowest BCUT2D eigenvalue weighted by Crippen LogP contribution is -2.49. The Labute approximate surface area is 133 Å². The van der Waals surface area contributed by atoms with E-state index in [9.17, 15) is 24.6 Å². The molecule has 7 nitrogen and oxygen atoms in total. The fraction of sp³-hybridized carbons (Fsp3) is 0.438. The number of phenols is 1. The molecule has 1 aliphatic carbocycles. The van der Waals surface area contributed by atoms with E-state index in [0.717, 1.165) is 0 Å². The van der Waals surface area contributed by atoms with Crippen molar-refractivity contribution in [3.63, 3.8) is 0 Å². The maximum Gasteiger partial charge on any atom is 0.326 e. The number of nitrogens with one attached hydrogen (secondary N) is 1. The van der Waals surface area contributed by atoms with Crippen LogP contribution >= 0.6 is 0 Å². The van der Waals surface area contributed by atoms with Gasteiger partial charge in [-0.1, -0.05) is 12.1 Å². The molecule has 0 radical (unpaired) electrons. The normalized spacial score (nSPS) is 16.3. The van der Waals surface area contributed by atoms with Crippen molar-refractivity contribution in [3.05, 3.63) is 29.8 Å². The second-order valence-corrected chi connectivity index (χ2v) is 6.02. The number of hydrogen-bond donors (Lipinski definition) is 3. The van der Waals surface area contributed by atoms with Gasteiger partial charge in [-0.25, -0.2) is 4.79 Å². The molecule has 0 spiro atoms. The van der Waals surface area contributed by atoms with Crippen LogP contribution in [0.1, 0.15) is 18.4 Å². The number of carbonyl (C=O) groups excluding carboxylic acids is 2. The van der Waals surface area contributed by atoms with Crippen molar-refractivity contribution < 1.29 is 24.6 Å². The average Bonchev–Trinajstić information content (AvgIpc) is 3.29.